The Morgan fingerprint density at radius 3 is 2.25 bits per heavy atom. The molecule has 1 fully saturated rings. The number of hydrogen-bond donors (Lipinski definition) is 1. The summed E-state index contributed by atoms with van der Waals surface area (Å²) >= 11 is 0. The Hall–Kier alpha value is -1.07. The average Bonchev–Trinajstić information content (AvgIpc) is 2.33. The first-order chi connectivity index (χ1) is 9.25. The van der Waals surface area contributed by atoms with Gasteiger partial charge in [-0.3, -0.25) is 0 Å². The van der Waals surface area contributed by atoms with Gasteiger partial charge >= 0.3 is 0 Å². The first-order valence-electron chi connectivity index (χ1n) is 7.15. The molecule has 1 aliphatic heterocycles. The molecule has 1 aromatic carbocycles. The SMILES string of the molecule is Cc1cc(N)c(C)c(S(=O)(=O)N2C(C)CCCC2C)c1. The molecule has 1 aromatic rings. The highest BCUT2D eigenvalue weighted by Gasteiger charge is 2.36. The van der Waals surface area contributed by atoms with E-state index in [0.29, 0.717) is 16.1 Å². The third-order valence-electron chi connectivity index (χ3n) is 4.21. The molecule has 0 bridgehead atoms. The van der Waals surface area contributed by atoms with Crippen LogP contribution in [0.15, 0.2) is 17.0 Å². The van der Waals surface area contributed by atoms with Gasteiger partial charge in [-0.1, -0.05) is 6.42 Å². The van der Waals surface area contributed by atoms with Crippen molar-refractivity contribution >= 4 is 15.7 Å². The lowest BCUT2D eigenvalue weighted by Crippen LogP contribution is -2.47. The van der Waals surface area contributed by atoms with E-state index in [4.69, 9.17) is 5.73 Å². The van der Waals surface area contributed by atoms with Crippen molar-refractivity contribution in [3.8, 4) is 0 Å². The Bertz CT molecular complexity index is 601. The summed E-state index contributed by atoms with van der Waals surface area (Å²) in [5, 5.41) is 0. The van der Waals surface area contributed by atoms with Crippen LogP contribution in [0.3, 0.4) is 0 Å². The van der Waals surface area contributed by atoms with Crippen LogP contribution in [-0.2, 0) is 10.0 Å². The zero-order valence-corrected chi connectivity index (χ0v) is 13.5. The first kappa shape index (κ1) is 15.3. The zero-order chi connectivity index (χ0) is 15.1. The molecule has 1 heterocycles. The molecule has 0 spiro atoms. The number of hydrogen-bond acceptors (Lipinski definition) is 3. The minimum absolute atomic E-state index is 0.0462. The predicted molar refractivity (Wildman–Crippen MR) is 82.1 cm³/mol. The summed E-state index contributed by atoms with van der Waals surface area (Å²) in [6.45, 7) is 7.63. The fourth-order valence-electron chi connectivity index (χ4n) is 3.11. The summed E-state index contributed by atoms with van der Waals surface area (Å²) in [7, 11) is -3.48. The van der Waals surface area contributed by atoms with Crippen LogP contribution in [-0.4, -0.2) is 24.8 Å². The van der Waals surface area contributed by atoms with E-state index in [0.717, 1.165) is 24.8 Å². The highest BCUT2D eigenvalue weighted by Crippen LogP contribution is 2.32. The van der Waals surface area contributed by atoms with Crippen molar-refractivity contribution in [2.45, 2.75) is 63.9 Å². The fraction of sp³-hybridized carbons (Fsp3) is 0.600. The fourth-order valence-corrected chi connectivity index (χ4v) is 5.33. The number of nitrogens with two attached hydrogens (primary N) is 1. The van der Waals surface area contributed by atoms with E-state index in [1.807, 2.05) is 26.8 Å². The van der Waals surface area contributed by atoms with Gasteiger partial charge in [-0.25, -0.2) is 8.42 Å². The van der Waals surface area contributed by atoms with E-state index >= 15 is 0 Å². The van der Waals surface area contributed by atoms with Gasteiger partial charge in [-0.15, -0.1) is 0 Å². The minimum atomic E-state index is -3.48. The van der Waals surface area contributed by atoms with Crippen molar-refractivity contribution in [3.05, 3.63) is 23.3 Å². The molecule has 1 saturated heterocycles. The quantitative estimate of drug-likeness (QED) is 0.854. The number of piperidine rings is 1. The molecule has 2 N–H and O–H groups in total. The van der Waals surface area contributed by atoms with Crippen molar-refractivity contribution in [1.82, 2.24) is 4.31 Å². The molecular weight excluding hydrogens is 272 g/mol. The van der Waals surface area contributed by atoms with Crippen LogP contribution in [0.25, 0.3) is 0 Å². The molecule has 2 unspecified atom stereocenters. The first-order valence-corrected chi connectivity index (χ1v) is 8.59. The van der Waals surface area contributed by atoms with Crippen LogP contribution in [0.4, 0.5) is 5.69 Å². The lowest BCUT2D eigenvalue weighted by atomic mass is 10.0. The van der Waals surface area contributed by atoms with Gasteiger partial charge in [0, 0.05) is 17.8 Å². The highest BCUT2D eigenvalue weighted by atomic mass is 32.2. The monoisotopic (exact) mass is 296 g/mol. The van der Waals surface area contributed by atoms with Crippen LogP contribution >= 0.6 is 0 Å². The molecule has 112 valence electrons. The van der Waals surface area contributed by atoms with E-state index in [2.05, 4.69) is 0 Å². The molecule has 5 heteroatoms. The van der Waals surface area contributed by atoms with Gasteiger partial charge in [-0.2, -0.15) is 4.31 Å². The number of anilines is 1. The maximum atomic E-state index is 13.0. The lowest BCUT2D eigenvalue weighted by molar-refractivity contribution is 0.204. The molecular formula is C15H24N2O2S. The van der Waals surface area contributed by atoms with Gasteiger partial charge in [0.1, 0.15) is 0 Å². The van der Waals surface area contributed by atoms with E-state index < -0.39 is 10.0 Å². The second-order valence-corrected chi connectivity index (χ2v) is 7.75. The molecule has 20 heavy (non-hydrogen) atoms. The van der Waals surface area contributed by atoms with Crippen molar-refractivity contribution in [3.63, 3.8) is 0 Å². The minimum Gasteiger partial charge on any atom is -0.398 e. The van der Waals surface area contributed by atoms with Crippen LogP contribution in [0.5, 0.6) is 0 Å². The van der Waals surface area contributed by atoms with Crippen LogP contribution in [0, 0.1) is 13.8 Å². The predicted octanol–water partition coefficient (Wildman–Crippen LogP) is 2.84. The number of sulfonamides is 1. The molecule has 0 amide bonds. The summed E-state index contributed by atoms with van der Waals surface area (Å²) in [5.74, 6) is 0. The maximum Gasteiger partial charge on any atom is 0.243 e. The largest absolute Gasteiger partial charge is 0.398 e. The molecule has 4 nitrogen and oxygen atoms in total. The van der Waals surface area contributed by atoms with Gasteiger partial charge in [0.2, 0.25) is 10.0 Å². The van der Waals surface area contributed by atoms with E-state index in [1.165, 1.54) is 0 Å². The number of nitrogens with zero attached hydrogens (tertiary/aromatic N) is 1. The van der Waals surface area contributed by atoms with Crippen LogP contribution in [0.2, 0.25) is 0 Å². The van der Waals surface area contributed by atoms with Gasteiger partial charge in [0.25, 0.3) is 0 Å². The van der Waals surface area contributed by atoms with Gasteiger partial charge in [0.15, 0.2) is 0 Å². The van der Waals surface area contributed by atoms with Gasteiger partial charge in [0.05, 0.1) is 4.90 Å². The Labute approximate surface area is 122 Å². The number of benzene rings is 1. The Morgan fingerprint density at radius 1 is 1.15 bits per heavy atom. The molecule has 0 radical (unpaired) electrons. The van der Waals surface area contributed by atoms with Crippen molar-refractivity contribution < 1.29 is 8.42 Å². The lowest BCUT2D eigenvalue weighted by Gasteiger charge is -2.38. The summed E-state index contributed by atoms with van der Waals surface area (Å²) in [6, 6.07) is 3.64. The third kappa shape index (κ3) is 2.56. The second kappa shape index (κ2) is 5.37. The molecule has 0 saturated carbocycles. The van der Waals surface area contributed by atoms with Gasteiger partial charge in [-0.05, 0) is 63.8 Å². The van der Waals surface area contributed by atoms with Crippen LogP contribution in [0.1, 0.15) is 44.2 Å². The number of nitrogen functional groups attached to an aromatic ring is 1. The highest BCUT2D eigenvalue weighted by molar-refractivity contribution is 7.89. The van der Waals surface area contributed by atoms with Crippen molar-refractivity contribution in [1.29, 1.82) is 0 Å². The second-order valence-electron chi connectivity index (χ2n) is 5.94. The van der Waals surface area contributed by atoms with Crippen molar-refractivity contribution in [2.75, 3.05) is 5.73 Å². The number of rotatable bonds is 2. The van der Waals surface area contributed by atoms with Gasteiger partial charge < -0.3 is 5.73 Å². The molecule has 0 aliphatic carbocycles. The van der Waals surface area contributed by atoms with Crippen LogP contribution < -0.4 is 5.73 Å². The third-order valence-corrected chi connectivity index (χ3v) is 6.47. The topological polar surface area (TPSA) is 63.4 Å². The standard InChI is InChI=1S/C15H24N2O2S/c1-10-8-14(16)13(4)15(9-10)20(18,19)17-11(2)6-5-7-12(17)3/h8-9,11-12H,5-7,16H2,1-4H3. The summed E-state index contributed by atoms with van der Waals surface area (Å²) in [6.07, 6.45) is 2.93. The normalized spacial score (nSPS) is 24.8. The summed E-state index contributed by atoms with van der Waals surface area (Å²) in [5.41, 5.74) is 8.01. The molecule has 2 atom stereocenters. The van der Waals surface area contributed by atoms with E-state index in [-0.39, 0.29) is 12.1 Å². The Morgan fingerprint density at radius 2 is 1.70 bits per heavy atom. The average molecular weight is 296 g/mol. The zero-order valence-electron chi connectivity index (χ0n) is 12.7. The summed E-state index contributed by atoms with van der Waals surface area (Å²) in [4.78, 5) is 0.357. The molecule has 1 aliphatic rings. The summed E-state index contributed by atoms with van der Waals surface area (Å²) < 4.78 is 27.7. The number of aryl methyl sites for hydroxylation is 1. The molecule has 2 rings (SSSR count). The van der Waals surface area contributed by atoms with E-state index in [1.54, 1.807) is 17.3 Å². The maximum absolute atomic E-state index is 13.0. The Kier molecular flexibility index (Phi) is 4.12. The molecule has 0 aromatic heterocycles. The Balaban J connectivity index is 2.55. The smallest absolute Gasteiger partial charge is 0.243 e. The van der Waals surface area contributed by atoms with E-state index in [9.17, 15) is 8.42 Å². The van der Waals surface area contributed by atoms with Crippen molar-refractivity contribution in [2.24, 2.45) is 0 Å².